The fraction of sp³-hybridized carbons (Fsp3) is 0.556. The highest BCUT2D eigenvalue weighted by atomic mass is 35.5. The quantitative estimate of drug-likeness (QED) is 0.457. The van der Waals surface area contributed by atoms with Crippen molar-refractivity contribution >= 4 is 23.2 Å². The van der Waals surface area contributed by atoms with Crippen LogP contribution in [0, 0.1) is 0 Å². The Morgan fingerprint density at radius 2 is 1.64 bits per heavy atom. The van der Waals surface area contributed by atoms with Crippen LogP contribution < -0.4 is 0 Å². The maximum Gasteiger partial charge on any atom is 0.0842 e. The number of rotatable bonds is 2. The largest absolute Gasteiger partial charge is 0.110 e. The zero-order valence-corrected chi connectivity index (χ0v) is 8.97. The normalized spacial score (nSPS) is 18.7. The van der Waals surface area contributed by atoms with E-state index in [1.54, 1.807) is 0 Å². The van der Waals surface area contributed by atoms with Crippen LogP contribution in [0.5, 0.6) is 0 Å². The van der Waals surface area contributed by atoms with Crippen LogP contribution in [-0.2, 0) is 0 Å². The first-order chi connectivity index (χ1) is 4.80. The molecule has 0 nitrogen and oxygen atoms in total. The zero-order chi connectivity index (χ0) is 9.23. The summed E-state index contributed by atoms with van der Waals surface area (Å²) in [5, 5.41) is 0.741. The van der Waals surface area contributed by atoms with Gasteiger partial charge in [-0.2, -0.15) is 0 Å². The van der Waals surface area contributed by atoms with E-state index in [1.165, 1.54) is 0 Å². The number of hydrogen-bond acceptors (Lipinski definition) is 0. The molecule has 0 fully saturated rings. The van der Waals surface area contributed by atoms with Gasteiger partial charge < -0.3 is 0 Å². The van der Waals surface area contributed by atoms with Gasteiger partial charge in [-0.15, -0.1) is 11.6 Å². The van der Waals surface area contributed by atoms with Gasteiger partial charge in [-0.25, -0.2) is 0 Å². The molecule has 0 aliphatic heterocycles. The van der Waals surface area contributed by atoms with E-state index in [9.17, 15) is 0 Å². The fourth-order valence-corrected chi connectivity index (χ4v) is 1.02. The second-order valence-corrected chi connectivity index (χ2v) is 4.26. The SMILES string of the molecule is C=C(C)C(C)(Cl)/C(C)=C(/C)Cl. The minimum atomic E-state index is -0.494. The predicted octanol–water partition coefficient (Wildman–Crippen LogP) is 4.09. The third-order valence-electron chi connectivity index (χ3n) is 2.02. The van der Waals surface area contributed by atoms with Crippen LogP contribution in [0.1, 0.15) is 27.7 Å². The van der Waals surface area contributed by atoms with Gasteiger partial charge in [0.25, 0.3) is 0 Å². The molecule has 0 heterocycles. The topological polar surface area (TPSA) is 0 Å². The first-order valence-electron chi connectivity index (χ1n) is 3.48. The smallest absolute Gasteiger partial charge is 0.0842 e. The Morgan fingerprint density at radius 3 is 1.73 bits per heavy atom. The second kappa shape index (κ2) is 3.64. The Hall–Kier alpha value is 0.0600. The molecule has 11 heavy (non-hydrogen) atoms. The summed E-state index contributed by atoms with van der Waals surface area (Å²) in [6.45, 7) is 11.4. The Balaban J connectivity index is 4.86. The van der Waals surface area contributed by atoms with Crippen molar-refractivity contribution in [2.45, 2.75) is 32.6 Å². The minimum absolute atomic E-state index is 0.494. The van der Waals surface area contributed by atoms with Crippen molar-refractivity contribution in [3.05, 3.63) is 22.8 Å². The Morgan fingerprint density at radius 1 is 1.27 bits per heavy atom. The van der Waals surface area contributed by atoms with Crippen LogP contribution in [-0.4, -0.2) is 4.87 Å². The Kier molecular flexibility index (Phi) is 3.66. The minimum Gasteiger partial charge on any atom is -0.110 e. The monoisotopic (exact) mass is 192 g/mol. The Bertz CT molecular complexity index is 196. The van der Waals surface area contributed by atoms with E-state index in [1.807, 2.05) is 27.7 Å². The molecular weight excluding hydrogens is 179 g/mol. The molecule has 0 N–H and O–H groups in total. The number of allylic oxidation sites excluding steroid dienone is 3. The van der Waals surface area contributed by atoms with Gasteiger partial charge in [-0.1, -0.05) is 23.8 Å². The van der Waals surface area contributed by atoms with Crippen molar-refractivity contribution in [2.75, 3.05) is 0 Å². The molecule has 0 aliphatic carbocycles. The summed E-state index contributed by atoms with van der Waals surface area (Å²) in [7, 11) is 0. The van der Waals surface area contributed by atoms with E-state index in [4.69, 9.17) is 23.2 Å². The summed E-state index contributed by atoms with van der Waals surface area (Å²) >= 11 is 12.0. The van der Waals surface area contributed by atoms with E-state index >= 15 is 0 Å². The lowest BCUT2D eigenvalue weighted by Gasteiger charge is -2.24. The third-order valence-corrected chi connectivity index (χ3v) is 2.91. The molecule has 1 unspecified atom stereocenters. The predicted molar refractivity (Wildman–Crippen MR) is 53.3 cm³/mol. The van der Waals surface area contributed by atoms with Gasteiger partial charge in [-0.3, -0.25) is 0 Å². The van der Waals surface area contributed by atoms with Crippen molar-refractivity contribution in [1.82, 2.24) is 0 Å². The average Bonchev–Trinajstić information content (AvgIpc) is 1.85. The Labute approximate surface area is 78.9 Å². The first-order valence-corrected chi connectivity index (χ1v) is 4.24. The van der Waals surface area contributed by atoms with Crippen molar-refractivity contribution in [3.8, 4) is 0 Å². The highest BCUT2D eigenvalue weighted by molar-refractivity contribution is 6.32. The summed E-state index contributed by atoms with van der Waals surface area (Å²) < 4.78 is 0. The standard InChI is InChI=1S/C9H14Cl2/c1-6(2)9(5,11)7(3)8(4)10/h1H2,2-5H3/b8-7-. The van der Waals surface area contributed by atoms with Gasteiger partial charge in [0, 0.05) is 5.03 Å². The van der Waals surface area contributed by atoms with Gasteiger partial charge in [0.15, 0.2) is 0 Å². The summed E-state index contributed by atoms with van der Waals surface area (Å²) in [6, 6.07) is 0. The van der Waals surface area contributed by atoms with Crippen LogP contribution >= 0.6 is 23.2 Å². The van der Waals surface area contributed by atoms with Crippen molar-refractivity contribution in [1.29, 1.82) is 0 Å². The molecule has 0 radical (unpaired) electrons. The molecule has 0 saturated carbocycles. The lowest BCUT2D eigenvalue weighted by atomic mass is 9.95. The van der Waals surface area contributed by atoms with E-state index in [-0.39, 0.29) is 0 Å². The fourth-order valence-electron chi connectivity index (χ4n) is 0.644. The summed E-state index contributed by atoms with van der Waals surface area (Å²) in [5.41, 5.74) is 1.88. The van der Waals surface area contributed by atoms with E-state index in [0.717, 1.165) is 16.2 Å². The van der Waals surface area contributed by atoms with E-state index in [0.29, 0.717) is 0 Å². The molecule has 0 aromatic rings. The molecule has 0 bridgehead atoms. The highest BCUT2D eigenvalue weighted by Gasteiger charge is 2.24. The van der Waals surface area contributed by atoms with Crippen LogP contribution in [0.25, 0.3) is 0 Å². The van der Waals surface area contributed by atoms with Crippen LogP contribution in [0.15, 0.2) is 22.8 Å². The average molecular weight is 193 g/mol. The summed E-state index contributed by atoms with van der Waals surface area (Å²) in [4.78, 5) is -0.494. The third kappa shape index (κ3) is 2.53. The summed E-state index contributed by atoms with van der Waals surface area (Å²) in [5.74, 6) is 0. The van der Waals surface area contributed by atoms with Crippen LogP contribution in [0.2, 0.25) is 0 Å². The lowest BCUT2D eigenvalue weighted by molar-refractivity contribution is 0.844. The first kappa shape index (κ1) is 11.1. The molecule has 1 atom stereocenters. The number of halogens is 2. The van der Waals surface area contributed by atoms with Gasteiger partial charge in [0.05, 0.1) is 4.87 Å². The van der Waals surface area contributed by atoms with Crippen LogP contribution in [0.3, 0.4) is 0 Å². The van der Waals surface area contributed by atoms with Gasteiger partial charge in [0.1, 0.15) is 0 Å². The molecular formula is C9H14Cl2. The zero-order valence-electron chi connectivity index (χ0n) is 7.46. The molecule has 0 spiro atoms. The molecule has 0 saturated heterocycles. The second-order valence-electron chi connectivity index (χ2n) is 2.94. The van der Waals surface area contributed by atoms with Gasteiger partial charge >= 0.3 is 0 Å². The highest BCUT2D eigenvalue weighted by Crippen LogP contribution is 2.33. The van der Waals surface area contributed by atoms with Crippen LogP contribution in [0.4, 0.5) is 0 Å². The van der Waals surface area contributed by atoms with E-state index in [2.05, 4.69) is 6.58 Å². The lowest BCUT2D eigenvalue weighted by Crippen LogP contribution is -2.19. The molecule has 0 rings (SSSR count). The summed E-state index contributed by atoms with van der Waals surface area (Å²) in [6.07, 6.45) is 0. The molecule has 0 aromatic carbocycles. The van der Waals surface area contributed by atoms with Gasteiger partial charge in [0.2, 0.25) is 0 Å². The maximum absolute atomic E-state index is 6.17. The molecule has 0 amide bonds. The van der Waals surface area contributed by atoms with Crippen molar-refractivity contribution < 1.29 is 0 Å². The number of hydrogen-bond donors (Lipinski definition) is 0. The van der Waals surface area contributed by atoms with E-state index < -0.39 is 4.87 Å². The number of alkyl halides is 1. The molecule has 2 heteroatoms. The van der Waals surface area contributed by atoms with Crippen molar-refractivity contribution in [3.63, 3.8) is 0 Å². The van der Waals surface area contributed by atoms with Gasteiger partial charge in [-0.05, 0) is 33.3 Å². The molecule has 0 aromatic heterocycles. The molecule has 0 aliphatic rings. The molecule has 64 valence electrons. The maximum atomic E-state index is 6.17. The van der Waals surface area contributed by atoms with Crippen molar-refractivity contribution in [2.24, 2.45) is 0 Å².